The van der Waals surface area contributed by atoms with Crippen LogP contribution in [-0.4, -0.2) is 30.8 Å². The number of amides is 1. The van der Waals surface area contributed by atoms with Crippen LogP contribution in [0.2, 0.25) is 5.02 Å². The van der Waals surface area contributed by atoms with Crippen molar-refractivity contribution in [2.45, 2.75) is 31.7 Å². The minimum absolute atomic E-state index is 0.0274. The van der Waals surface area contributed by atoms with Gasteiger partial charge in [0, 0.05) is 10.9 Å². The molecular formula is C15H20ClNO3S. The van der Waals surface area contributed by atoms with Crippen LogP contribution in [0.1, 0.15) is 31.1 Å². The van der Waals surface area contributed by atoms with Crippen molar-refractivity contribution >= 4 is 35.2 Å². The van der Waals surface area contributed by atoms with E-state index in [1.54, 1.807) is 12.1 Å². The molecule has 1 atom stereocenters. The number of halogens is 1. The minimum atomic E-state index is -0.594. The van der Waals surface area contributed by atoms with Crippen molar-refractivity contribution in [3.05, 3.63) is 28.8 Å². The van der Waals surface area contributed by atoms with Gasteiger partial charge in [-0.25, -0.2) is 4.79 Å². The lowest BCUT2D eigenvalue weighted by Gasteiger charge is -2.17. The van der Waals surface area contributed by atoms with Gasteiger partial charge < -0.3 is 10.1 Å². The Kier molecular flexibility index (Phi) is 7.05. The second kappa shape index (κ2) is 8.29. The van der Waals surface area contributed by atoms with Gasteiger partial charge in [0.15, 0.2) is 6.61 Å². The Morgan fingerprint density at radius 2 is 2.00 bits per heavy atom. The SMILES string of the molecule is CSc1ccc(Cl)c(C(=O)OCC(=O)N[C@@H](C)C(C)C)c1. The van der Waals surface area contributed by atoms with Gasteiger partial charge in [-0.05, 0) is 37.3 Å². The highest BCUT2D eigenvalue weighted by Crippen LogP contribution is 2.23. The number of carbonyl (C=O) groups excluding carboxylic acids is 2. The maximum absolute atomic E-state index is 12.0. The van der Waals surface area contributed by atoms with E-state index >= 15 is 0 Å². The first-order valence-corrected chi connectivity index (χ1v) is 8.25. The molecule has 1 rings (SSSR count). The fourth-order valence-corrected chi connectivity index (χ4v) is 2.09. The molecule has 0 radical (unpaired) electrons. The first kappa shape index (κ1) is 17.9. The zero-order valence-electron chi connectivity index (χ0n) is 12.6. The Morgan fingerprint density at radius 1 is 1.33 bits per heavy atom. The van der Waals surface area contributed by atoms with E-state index in [0.717, 1.165) is 4.90 Å². The largest absolute Gasteiger partial charge is 0.452 e. The third-order valence-corrected chi connectivity index (χ3v) is 4.17. The van der Waals surface area contributed by atoms with Crippen LogP contribution >= 0.6 is 23.4 Å². The van der Waals surface area contributed by atoms with Crippen LogP contribution < -0.4 is 5.32 Å². The van der Waals surface area contributed by atoms with Crippen molar-refractivity contribution in [1.29, 1.82) is 0 Å². The summed E-state index contributed by atoms with van der Waals surface area (Å²) in [6.07, 6.45) is 1.90. The molecule has 0 saturated carbocycles. The molecule has 0 spiro atoms. The molecule has 21 heavy (non-hydrogen) atoms. The zero-order chi connectivity index (χ0) is 16.0. The molecular weight excluding hydrogens is 310 g/mol. The number of hydrogen-bond acceptors (Lipinski definition) is 4. The Morgan fingerprint density at radius 3 is 2.57 bits per heavy atom. The number of esters is 1. The highest BCUT2D eigenvalue weighted by molar-refractivity contribution is 7.98. The van der Waals surface area contributed by atoms with E-state index < -0.39 is 5.97 Å². The molecule has 4 nitrogen and oxygen atoms in total. The van der Waals surface area contributed by atoms with Crippen molar-refractivity contribution < 1.29 is 14.3 Å². The van der Waals surface area contributed by atoms with Crippen molar-refractivity contribution in [3.63, 3.8) is 0 Å². The molecule has 6 heteroatoms. The van der Waals surface area contributed by atoms with Crippen LogP contribution in [0.15, 0.2) is 23.1 Å². The van der Waals surface area contributed by atoms with Crippen molar-refractivity contribution in [2.24, 2.45) is 5.92 Å². The Labute approximate surface area is 134 Å². The highest BCUT2D eigenvalue weighted by Gasteiger charge is 2.16. The molecule has 1 amide bonds. The summed E-state index contributed by atoms with van der Waals surface area (Å²) in [6.45, 7) is 5.61. The molecule has 0 saturated heterocycles. The van der Waals surface area contributed by atoms with Gasteiger partial charge in [-0.15, -0.1) is 11.8 Å². The predicted octanol–water partition coefficient (Wildman–Crippen LogP) is 3.38. The third kappa shape index (κ3) is 5.59. The first-order chi connectivity index (χ1) is 9.85. The van der Waals surface area contributed by atoms with Gasteiger partial charge in [0.05, 0.1) is 10.6 Å². The van der Waals surface area contributed by atoms with Crippen molar-refractivity contribution in [2.75, 3.05) is 12.9 Å². The van der Waals surface area contributed by atoms with Gasteiger partial charge in [0.2, 0.25) is 0 Å². The molecule has 1 aromatic carbocycles. The summed E-state index contributed by atoms with van der Waals surface area (Å²) in [6, 6.07) is 5.15. The molecule has 0 aliphatic carbocycles. The molecule has 0 aliphatic heterocycles. The second-order valence-corrected chi connectivity index (χ2v) is 6.31. The minimum Gasteiger partial charge on any atom is -0.452 e. The van der Waals surface area contributed by atoms with Gasteiger partial charge in [-0.1, -0.05) is 25.4 Å². The summed E-state index contributed by atoms with van der Waals surface area (Å²) in [7, 11) is 0. The number of thioether (sulfide) groups is 1. The van der Waals surface area contributed by atoms with Crippen LogP contribution in [0, 0.1) is 5.92 Å². The quantitative estimate of drug-likeness (QED) is 0.642. The topological polar surface area (TPSA) is 55.4 Å². The second-order valence-electron chi connectivity index (χ2n) is 5.02. The standard InChI is InChI=1S/C15H20ClNO3S/c1-9(2)10(3)17-14(18)8-20-15(19)12-7-11(21-4)5-6-13(12)16/h5-7,9-10H,8H2,1-4H3,(H,17,18)/t10-/m0/s1. The van der Waals surface area contributed by atoms with E-state index in [1.807, 2.05) is 33.1 Å². The fourth-order valence-electron chi connectivity index (χ4n) is 1.46. The van der Waals surface area contributed by atoms with Gasteiger partial charge >= 0.3 is 5.97 Å². The van der Waals surface area contributed by atoms with E-state index in [-0.39, 0.29) is 24.1 Å². The number of benzene rings is 1. The van der Waals surface area contributed by atoms with E-state index in [9.17, 15) is 9.59 Å². The monoisotopic (exact) mass is 329 g/mol. The molecule has 1 N–H and O–H groups in total. The van der Waals surface area contributed by atoms with Crippen LogP contribution in [-0.2, 0) is 9.53 Å². The lowest BCUT2D eigenvalue weighted by Crippen LogP contribution is -2.38. The molecule has 0 unspecified atom stereocenters. The molecule has 0 fully saturated rings. The Balaban J connectivity index is 2.60. The summed E-state index contributed by atoms with van der Waals surface area (Å²) >= 11 is 7.48. The maximum atomic E-state index is 12.0. The van der Waals surface area contributed by atoms with Gasteiger partial charge in [-0.3, -0.25) is 4.79 Å². The van der Waals surface area contributed by atoms with E-state index in [4.69, 9.17) is 16.3 Å². The number of carbonyl (C=O) groups is 2. The van der Waals surface area contributed by atoms with Crippen LogP contribution in [0.3, 0.4) is 0 Å². The van der Waals surface area contributed by atoms with Crippen molar-refractivity contribution in [3.8, 4) is 0 Å². The van der Waals surface area contributed by atoms with Crippen LogP contribution in [0.4, 0.5) is 0 Å². The maximum Gasteiger partial charge on any atom is 0.340 e. The zero-order valence-corrected chi connectivity index (χ0v) is 14.2. The van der Waals surface area contributed by atoms with Crippen molar-refractivity contribution in [1.82, 2.24) is 5.32 Å². The lowest BCUT2D eigenvalue weighted by atomic mass is 10.1. The normalized spacial score (nSPS) is 12.1. The molecule has 116 valence electrons. The third-order valence-electron chi connectivity index (χ3n) is 3.12. The molecule has 0 heterocycles. The first-order valence-electron chi connectivity index (χ1n) is 6.65. The number of ether oxygens (including phenoxy) is 1. The predicted molar refractivity (Wildman–Crippen MR) is 86.0 cm³/mol. The highest BCUT2D eigenvalue weighted by atomic mass is 35.5. The van der Waals surface area contributed by atoms with Crippen LogP contribution in [0.25, 0.3) is 0 Å². The summed E-state index contributed by atoms with van der Waals surface area (Å²) in [5.74, 6) is -0.595. The summed E-state index contributed by atoms with van der Waals surface area (Å²) in [4.78, 5) is 24.5. The number of nitrogens with one attached hydrogen (secondary N) is 1. The average molecular weight is 330 g/mol. The number of rotatable bonds is 6. The average Bonchev–Trinajstić information content (AvgIpc) is 2.45. The van der Waals surface area contributed by atoms with Gasteiger partial charge in [-0.2, -0.15) is 0 Å². The van der Waals surface area contributed by atoms with Gasteiger partial charge in [0.1, 0.15) is 0 Å². The van der Waals surface area contributed by atoms with E-state index in [2.05, 4.69) is 5.32 Å². The summed E-state index contributed by atoms with van der Waals surface area (Å²) in [5, 5.41) is 3.08. The molecule has 0 aliphatic rings. The van der Waals surface area contributed by atoms with Gasteiger partial charge in [0.25, 0.3) is 5.91 Å². The smallest absolute Gasteiger partial charge is 0.340 e. The Hall–Kier alpha value is -1.20. The molecule has 0 bridgehead atoms. The fraction of sp³-hybridized carbons (Fsp3) is 0.467. The summed E-state index contributed by atoms with van der Waals surface area (Å²) in [5.41, 5.74) is 0.272. The molecule has 0 aromatic heterocycles. The lowest BCUT2D eigenvalue weighted by molar-refractivity contribution is -0.125. The summed E-state index contributed by atoms with van der Waals surface area (Å²) < 4.78 is 5.01. The van der Waals surface area contributed by atoms with Crippen LogP contribution in [0.5, 0.6) is 0 Å². The number of hydrogen-bond donors (Lipinski definition) is 1. The van der Waals surface area contributed by atoms with E-state index in [1.165, 1.54) is 11.8 Å². The molecule has 1 aromatic rings. The Bertz CT molecular complexity index is 520. The van der Waals surface area contributed by atoms with E-state index in [0.29, 0.717) is 10.9 Å².